The summed E-state index contributed by atoms with van der Waals surface area (Å²) in [6.07, 6.45) is 2.38. The SMILES string of the molecule is C[Si](C)(C)CCOCn1cc(-c2ccccc2)c2c(N3CCOC(CNC(=O)O)C3)ncnc21. The monoisotopic (exact) mass is 483 g/mol. The lowest BCUT2D eigenvalue weighted by Crippen LogP contribution is -2.47. The van der Waals surface area contributed by atoms with Gasteiger partial charge in [-0.25, -0.2) is 14.8 Å². The molecule has 0 bridgehead atoms. The van der Waals surface area contributed by atoms with E-state index in [4.69, 9.17) is 14.6 Å². The third kappa shape index (κ3) is 5.94. The largest absolute Gasteiger partial charge is 0.465 e. The van der Waals surface area contributed by atoms with Crippen molar-refractivity contribution in [3.63, 3.8) is 0 Å². The van der Waals surface area contributed by atoms with E-state index in [1.165, 1.54) is 0 Å². The minimum atomic E-state index is -1.17. The highest BCUT2D eigenvalue weighted by Gasteiger charge is 2.26. The second kappa shape index (κ2) is 10.5. The van der Waals surface area contributed by atoms with Crippen molar-refractivity contribution < 1.29 is 19.4 Å². The third-order valence-electron chi connectivity index (χ3n) is 5.86. The maximum absolute atomic E-state index is 10.9. The van der Waals surface area contributed by atoms with Crippen LogP contribution in [0.2, 0.25) is 25.7 Å². The molecule has 0 aliphatic carbocycles. The van der Waals surface area contributed by atoms with Crippen LogP contribution in [0, 0.1) is 0 Å². The molecular weight excluding hydrogens is 450 g/mol. The molecule has 0 saturated carbocycles. The van der Waals surface area contributed by atoms with Gasteiger partial charge in [0, 0.05) is 46.1 Å². The van der Waals surface area contributed by atoms with Gasteiger partial charge in [-0.2, -0.15) is 0 Å². The van der Waals surface area contributed by atoms with Crippen molar-refractivity contribution in [2.45, 2.75) is 38.5 Å². The Morgan fingerprint density at radius 3 is 2.79 bits per heavy atom. The highest BCUT2D eigenvalue weighted by atomic mass is 28.3. The van der Waals surface area contributed by atoms with Crippen molar-refractivity contribution in [1.82, 2.24) is 19.9 Å². The Kier molecular flexibility index (Phi) is 7.49. The molecule has 10 heteroatoms. The zero-order valence-corrected chi connectivity index (χ0v) is 21.0. The lowest BCUT2D eigenvalue weighted by molar-refractivity contribution is 0.0409. The first kappa shape index (κ1) is 24.2. The number of fused-ring (bicyclic) bond motifs is 1. The molecule has 34 heavy (non-hydrogen) atoms. The molecule has 4 rings (SSSR count). The molecular formula is C24H33N5O4Si. The maximum Gasteiger partial charge on any atom is 0.404 e. The number of anilines is 1. The molecule has 1 saturated heterocycles. The van der Waals surface area contributed by atoms with Gasteiger partial charge < -0.3 is 29.4 Å². The van der Waals surface area contributed by atoms with Gasteiger partial charge >= 0.3 is 6.09 Å². The van der Waals surface area contributed by atoms with E-state index in [-0.39, 0.29) is 12.6 Å². The van der Waals surface area contributed by atoms with Crippen LogP contribution in [-0.2, 0) is 16.2 Å². The summed E-state index contributed by atoms with van der Waals surface area (Å²) in [6.45, 7) is 10.1. The molecule has 2 N–H and O–H groups in total. The van der Waals surface area contributed by atoms with Crippen LogP contribution >= 0.6 is 0 Å². The van der Waals surface area contributed by atoms with E-state index < -0.39 is 14.2 Å². The smallest absolute Gasteiger partial charge is 0.404 e. The fourth-order valence-corrected chi connectivity index (χ4v) is 4.82. The van der Waals surface area contributed by atoms with Crippen molar-refractivity contribution in [2.24, 2.45) is 0 Å². The molecule has 1 fully saturated rings. The van der Waals surface area contributed by atoms with Crippen LogP contribution in [0.4, 0.5) is 10.6 Å². The second-order valence-electron chi connectivity index (χ2n) is 9.75. The highest BCUT2D eigenvalue weighted by Crippen LogP contribution is 2.35. The third-order valence-corrected chi connectivity index (χ3v) is 7.57. The molecule has 2 aromatic heterocycles. The van der Waals surface area contributed by atoms with Gasteiger partial charge in [-0.3, -0.25) is 0 Å². The topological polar surface area (TPSA) is 102 Å². The lowest BCUT2D eigenvalue weighted by atomic mass is 10.1. The Morgan fingerprint density at radius 2 is 2.06 bits per heavy atom. The molecule has 1 aromatic carbocycles. The van der Waals surface area contributed by atoms with E-state index >= 15 is 0 Å². The standard InChI is InChI=1S/C24H33N5O4Si/c1-34(2,3)12-11-32-17-29-15-20(18-7-5-4-6-8-18)21-22(26-16-27-23(21)29)28-9-10-33-19(14-28)13-25-24(30)31/h4-8,15-16,19,25H,9-14,17H2,1-3H3,(H,30,31). The fraction of sp³-hybridized carbons (Fsp3) is 0.458. The minimum absolute atomic E-state index is 0.234. The highest BCUT2D eigenvalue weighted by molar-refractivity contribution is 6.76. The number of amides is 1. The Balaban J connectivity index is 1.66. The van der Waals surface area contributed by atoms with E-state index in [2.05, 4.69) is 62.7 Å². The van der Waals surface area contributed by atoms with Crippen LogP contribution in [0.3, 0.4) is 0 Å². The first-order chi connectivity index (χ1) is 16.3. The molecule has 1 aliphatic rings. The fourth-order valence-electron chi connectivity index (χ4n) is 4.06. The Morgan fingerprint density at radius 1 is 1.26 bits per heavy atom. The van der Waals surface area contributed by atoms with Crippen LogP contribution in [-0.4, -0.2) is 72.8 Å². The average Bonchev–Trinajstić information content (AvgIpc) is 3.19. The number of benzene rings is 1. The molecule has 1 atom stereocenters. The van der Waals surface area contributed by atoms with Crippen molar-refractivity contribution in [3.8, 4) is 11.1 Å². The molecule has 3 heterocycles. The maximum atomic E-state index is 10.9. The Hall–Kier alpha value is -2.95. The number of nitrogens with zero attached hydrogens (tertiary/aromatic N) is 4. The number of hydrogen-bond acceptors (Lipinski definition) is 6. The number of carboxylic acid groups (broad SMARTS) is 1. The molecule has 0 radical (unpaired) electrons. The Bertz CT molecular complexity index is 1120. The number of ether oxygens (including phenoxy) is 2. The molecule has 0 spiro atoms. The zero-order chi connectivity index (χ0) is 24.1. The minimum Gasteiger partial charge on any atom is -0.465 e. The van der Waals surface area contributed by atoms with Crippen LogP contribution < -0.4 is 10.2 Å². The van der Waals surface area contributed by atoms with Crippen molar-refractivity contribution in [3.05, 3.63) is 42.9 Å². The summed E-state index contributed by atoms with van der Waals surface area (Å²) in [5.41, 5.74) is 2.96. The lowest BCUT2D eigenvalue weighted by Gasteiger charge is -2.34. The van der Waals surface area contributed by atoms with E-state index in [0.717, 1.165) is 40.6 Å². The number of aromatic nitrogens is 3. The average molecular weight is 484 g/mol. The number of carbonyl (C=O) groups is 1. The number of nitrogens with one attached hydrogen (secondary N) is 1. The van der Waals surface area contributed by atoms with Crippen LogP contribution in [0.5, 0.6) is 0 Å². The van der Waals surface area contributed by atoms with Gasteiger partial charge in [0.25, 0.3) is 0 Å². The molecule has 9 nitrogen and oxygen atoms in total. The molecule has 1 aliphatic heterocycles. The summed E-state index contributed by atoms with van der Waals surface area (Å²) in [6, 6.07) is 11.3. The Labute approximate surface area is 200 Å². The molecule has 182 valence electrons. The van der Waals surface area contributed by atoms with Gasteiger partial charge in [0.15, 0.2) is 0 Å². The number of rotatable bonds is 9. The van der Waals surface area contributed by atoms with Crippen molar-refractivity contribution >= 4 is 31.0 Å². The first-order valence-electron chi connectivity index (χ1n) is 11.6. The van der Waals surface area contributed by atoms with E-state index in [0.29, 0.717) is 26.4 Å². The van der Waals surface area contributed by atoms with Crippen LogP contribution in [0.15, 0.2) is 42.9 Å². The zero-order valence-electron chi connectivity index (χ0n) is 20.0. The van der Waals surface area contributed by atoms with Gasteiger partial charge in [0.05, 0.1) is 18.1 Å². The molecule has 3 aromatic rings. The van der Waals surface area contributed by atoms with Crippen LogP contribution in [0.25, 0.3) is 22.2 Å². The van der Waals surface area contributed by atoms with Crippen molar-refractivity contribution in [1.29, 1.82) is 0 Å². The predicted molar refractivity (Wildman–Crippen MR) is 135 cm³/mol. The normalized spacial score (nSPS) is 16.7. The van der Waals surface area contributed by atoms with Crippen molar-refractivity contribution in [2.75, 3.05) is 37.7 Å². The van der Waals surface area contributed by atoms with Crippen LogP contribution in [0.1, 0.15) is 0 Å². The molecule has 1 unspecified atom stereocenters. The summed E-state index contributed by atoms with van der Waals surface area (Å²) in [4.78, 5) is 22.4. The number of hydrogen-bond donors (Lipinski definition) is 2. The van der Waals surface area contributed by atoms with Gasteiger partial charge in [0.2, 0.25) is 0 Å². The van der Waals surface area contributed by atoms with E-state index in [9.17, 15) is 4.79 Å². The summed E-state index contributed by atoms with van der Waals surface area (Å²) < 4.78 is 13.9. The van der Waals surface area contributed by atoms with E-state index in [1.54, 1.807) is 6.33 Å². The van der Waals surface area contributed by atoms with Gasteiger partial charge in [-0.1, -0.05) is 50.0 Å². The first-order valence-corrected chi connectivity index (χ1v) is 15.3. The van der Waals surface area contributed by atoms with E-state index in [1.807, 2.05) is 18.2 Å². The summed E-state index contributed by atoms with van der Waals surface area (Å²) in [5, 5.41) is 12.3. The van der Waals surface area contributed by atoms with Gasteiger partial charge in [-0.05, 0) is 11.6 Å². The summed E-state index contributed by atoms with van der Waals surface area (Å²) >= 11 is 0. The predicted octanol–water partition coefficient (Wildman–Crippen LogP) is 3.88. The summed E-state index contributed by atoms with van der Waals surface area (Å²) in [5.74, 6) is 0.827. The van der Waals surface area contributed by atoms with Gasteiger partial charge in [-0.15, -0.1) is 0 Å². The second-order valence-corrected chi connectivity index (χ2v) is 15.4. The molecule has 1 amide bonds. The van der Waals surface area contributed by atoms with Gasteiger partial charge in [0.1, 0.15) is 24.5 Å². The quantitative estimate of drug-likeness (QED) is 0.352. The summed E-state index contributed by atoms with van der Waals surface area (Å²) in [7, 11) is -1.17. The number of morpholine rings is 1.